The first-order valence-electron chi connectivity index (χ1n) is 8.32. The highest BCUT2D eigenvalue weighted by Gasteiger charge is 2.33. The average Bonchev–Trinajstić information content (AvgIpc) is 2.37. The SMILES string of the molecule is CCCCC1CCC(CN)(CCCC(C)C)CC1. The van der Waals surface area contributed by atoms with Gasteiger partial charge in [0, 0.05) is 0 Å². The van der Waals surface area contributed by atoms with E-state index in [9.17, 15) is 0 Å². The normalized spacial score (nSPS) is 28.8. The maximum absolute atomic E-state index is 6.10. The van der Waals surface area contributed by atoms with Crippen molar-refractivity contribution in [2.24, 2.45) is 23.0 Å². The van der Waals surface area contributed by atoms with Crippen molar-refractivity contribution in [3.8, 4) is 0 Å². The van der Waals surface area contributed by atoms with Crippen LogP contribution < -0.4 is 5.73 Å². The molecule has 1 rings (SSSR count). The van der Waals surface area contributed by atoms with Gasteiger partial charge in [-0.15, -0.1) is 0 Å². The lowest BCUT2D eigenvalue weighted by atomic mass is 9.67. The lowest BCUT2D eigenvalue weighted by molar-refractivity contribution is 0.133. The van der Waals surface area contributed by atoms with Gasteiger partial charge >= 0.3 is 0 Å². The topological polar surface area (TPSA) is 26.0 Å². The second kappa shape index (κ2) is 8.19. The van der Waals surface area contributed by atoms with E-state index in [-0.39, 0.29) is 0 Å². The molecule has 0 heterocycles. The van der Waals surface area contributed by atoms with Crippen LogP contribution in [0.3, 0.4) is 0 Å². The molecule has 1 fully saturated rings. The van der Waals surface area contributed by atoms with Gasteiger partial charge in [-0.2, -0.15) is 0 Å². The number of hydrogen-bond donors (Lipinski definition) is 1. The molecule has 1 aliphatic carbocycles. The minimum Gasteiger partial charge on any atom is -0.330 e. The third-order valence-electron chi connectivity index (χ3n) is 5.05. The number of hydrogen-bond acceptors (Lipinski definition) is 1. The smallest absolute Gasteiger partial charge is 0.00205 e. The van der Waals surface area contributed by atoms with Crippen LogP contribution in [0.1, 0.15) is 85.0 Å². The van der Waals surface area contributed by atoms with Crippen LogP contribution in [0.2, 0.25) is 0 Å². The largest absolute Gasteiger partial charge is 0.330 e. The predicted octanol–water partition coefficient (Wildman–Crippen LogP) is 5.14. The first-order valence-corrected chi connectivity index (χ1v) is 8.32. The molecule has 0 radical (unpaired) electrons. The third-order valence-corrected chi connectivity index (χ3v) is 5.05. The fourth-order valence-electron chi connectivity index (χ4n) is 3.51. The summed E-state index contributed by atoms with van der Waals surface area (Å²) in [7, 11) is 0. The van der Waals surface area contributed by atoms with Crippen molar-refractivity contribution < 1.29 is 0 Å². The van der Waals surface area contributed by atoms with Crippen molar-refractivity contribution >= 4 is 0 Å². The Morgan fingerprint density at radius 3 is 2.33 bits per heavy atom. The molecule has 0 aromatic heterocycles. The van der Waals surface area contributed by atoms with Gasteiger partial charge in [0.05, 0.1) is 0 Å². The van der Waals surface area contributed by atoms with Crippen molar-refractivity contribution in [3.63, 3.8) is 0 Å². The molecule has 1 aliphatic rings. The molecule has 1 saturated carbocycles. The van der Waals surface area contributed by atoms with E-state index in [1.54, 1.807) is 0 Å². The van der Waals surface area contributed by atoms with Gasteiger partial charge in [-0.1, -0.05) is 52.9 Å². The van der Waals surface area contributed by atoms with Crippen LogP contribution in [0.4, 0.5) is 0 Å². The van der Waals surface area contributed by atoms with Gasteiger partial charge in [0.25, 0.3) is 0 Å². The summed E-state index contributed by atoms with van der Waals surface area (Å²) in [6.45, 7) is 7.89. The summed E-state index contributed by atoms with van der Waals surface area (Å²) in [5.74, 6) is 1.86. The first kappa shape index (κ1) is 16.0. The molecule has 0 aromatic carbocycles. The van der Waals surface area contributed by atoms with Crippen LogP contribution in [0.15, 0.2) is 0 Å². The summed E-state index contributed by atoms with van der Waals surface area (Å²) in [6, 6.07) is 0. The Balaban J connectivity index is 2.30. The quantitative estimate of drug-likeness (QED) is 0.637. The van der Waals surface area contributed by atoms with E-state index in [0.717, 1.165) is 18.4 Å². The maximum atomic E-state index is 6.10. The van der Waals surface area contributed by atoms with Crippen molar-refractivity contribution in [2.45, 2.75) is 85.0 Å². The monoisotopic (exact) mass is 253 g/mol. The molecule has 1 nitrogen and oxygen atoms in total. The highest BCUT2D eigenvalue weighted by atomic mass is 14.6. The summed E-state index contributed by atoms with van der Waals surface area (Å²) in [4.78, 5) is 0. The van der Waals surface area contributed by atoms with E-state index in [1.165, 1.54) is 64.2 Å². The molecule has 0 aliphatic heterocycles. The Morgan fingerprint density at radius 2 is 1.83 bits per heavy atom. The zero-order valence-corrected chi connectivity index (χ0v) is 13.0. The van der Waals surface area contributed by atoms with Gasteiger partial charge in [-0.25, -0.2) is 0 Å². The molecule has 2 N–H and O–H groups in total. The Morgan fingerprint density at radius 1 is 1.17 bits per heavy atom. The van der Waals surface area contributed by atoms with Gasteiger partial charge in [0.2, 0.25) is 0 Å². The van der Waals surface area contributed by atoms with Crippen LogP contribution in [0, 0.1) is 17.3 Å². The van der Waals surface area contributed by atoms with Gasteiger partial charge in [0.15, 0.2) is 0 Å². The molecular weight excluding hydrogens is 218 g/mol. The van der Waals surface area contributed by atoms with Crippen LogP contribution in [-0.4, -0.2) is 6.54 Å². The van der Waals surface area contributed by atoms with Gasteiger partial charge in [-0.3, -0.25) is 0 Å². The van der Waals surface area contributed by atoms with Crippen LogP contribution in [-0.2, 0) is 0 Å². The van der Waals surface area contributed by atoms with Crippen LogP contribution >= 0.6 is 0 Å². The minimum atomic E-state index is 0.512. The van der Waals surface area contributed by atoms with E-state index >= 15 is 0 Å². The van der Waals surface area contributed by atoms with E-state index in [4.69, 9.17) is 5.73 Å². The van der Waals surface area contributed by atoms with Gasteiger partial charge < -0.3 is 5.73 Å². The molecule has 0 bridgehead atoms. The lowest BCUT2D eigenvalue weighted by Crippen LogP contribution is -2.35. The molecule has 0 unspecified atom stereocenters. The van der Waals surface area contributed by atoms with Gasteiger partial charge in [-0.05, 0) is 55.9 Å². The highest BCUT2D eigenvalue weighted by molar-refractivity contribution is 4.86. The Bertz CT molecular complexity index is 202. The molecular formula is C17H35N. The molecule has 0 aromatic rings. The molecule has 108 valence electrons. The summed E-state index contributed by atoms with van der Waals surface area (Å²) in [6.07, 6.45) is 14.1. The standard InChI is InChI=1S/C17H35N/c1-4-5-8-16-9-12-17(14-18,13-10-16)11-6-7-15(2)3/h15-16H,4-14,18H2,1-3H3. The average molecular weight is 253 g/mol. The van der Waals surface area contributed by atoms with E-state index in [1.807, 2.05) is 0 Å². The molecule has 18 heavy (non-hydrogen) atoms. The molecule has 0 spiro atoms. The Kier molecular flexibility index (Phi) is 7.29. The van der Waals surface area contributed by atoms with Crippen molar-refractivity contribution in [1.82, 2.24) is 0 Å². The molecule has 0 amide bonds. The molecule has 1 heteroatoms. The van der Waals surface area contributed by atoms with E-state index in [0.29, 0.717) is 5.41 Å². The fourth-order valence-corrected chi connectivity index (χ4v) is 3.51. The van der Waals surface area contributed by atoms with Crippen LogP contribution in [0.25, 0.3) is 0 Å². The second-order valence-corrected chi connectivity index (χ2v) is 7.08. The Hall–Kier alpha value is -0.0400. The summed E-state index contributed by atoms with van der Waals surface area (Å²) in [5, 5.41) is 0. The zero-order chi connectivity index (χ0) is 13.4. The Labute approximate surface area is 115 Å². The van der Waals surface area contributed by atoms with E-state index in [2.05, 4.69) is 20.8 Å². The number of rotatable bonds is 8. The molecule has 0 atom stereocenters. The van der Waals surface area contributed by atoms with Gasteiger partial charge in [0.1, 0.15) is 0 Å². The lowest BCUT2D eigenvalue weighted by Gasteiger charge is -2.40. The highest BCUT2D eigenvalue weighted by Crippen LogP contribution is 2.43. The fraction of sp³-hybridized carbons (Fsp3) is 1.00. The first-order chi connectivity index (χ1) is 8.62. The number of nitrogens with two attached hydrogens (primary N) is 1. The van der Waals surface area contributed by atoms with Crippen LogP contribution in [0.5, 0.6) is 0 Å². The minimum absolute atomic E-state index is 0.512. The molecule has 0 saturated heterocycles. The van der Waals surface area contributed by atoms with E-state index < -0.39 is 0 Å². The summed E-state index contributed by atoms with van der Waals surface area (Å²) >= 11 is 0. The maximum Gasteiger partial charge on any atom is -0.00205 e. The van der Waals surface area contributed by atoms with Crippen molar-refractivity contribution in [2.75, 3.05) is 6.54 Å². The summed E-state index contributed by atoms with van der Waals surface area (Å²) < 4.78 is 0. The van der Waals surface area contributed by atoms with Crippen molar-refractivity contribution in [3.05, 3.63) is 0 Å². The third kappa shape index (κ3) is 5.30. The predicted molar refractivity (Wildman–Crippen MR) is 81.7 cm³/mol. The zero-order valence-electron chi connectivity index (χ0n) is 13.0. The summed E-state index contributed by atoms with van der Waals surface area (Å²) in [5.41, 5.74) is 6.61. The van der Waals surface area contributed by atoms with Crippen molar-refractivity contribution in [1.29, 1.82) is 0 Å². The second-order valence-electron chi connectivity index (χ2n) is 7.08. The number of unbranched alkanes of at least 4 members (excludes halogenated alkanes) is 1.